The molecule has 0 saturated carbocycles. The highest BCUT2D eigenvalue weighted by molar-refractivity contribution is 5.89. The summed E-state index contributed by atoms with van der Waals surface area (Å²) in [6.07, 6.45) is 1.25. The van der Waals surface area contributed by atoms with E-state index in [4.69, 9.17) is 4.74 Å². The lowest BCUT2D eigenvalue weighted by atomic mass is 10.1. The zero-order valence-corrected chi connectivity index (χ0v) is 12.9. The van der Waals surface area contributed by atoms with Gasteiger partial charge in [0.2, 0.25) is 0 Å². The number of hydrogen-bond acceptors (Lipinski definition) is 4. The van der Waals surface area contributed by atoms with Crippen LogP contribution in [0, 0.1) is 5.92 Å². The van der Waals surface area contributed by atoms with E-state index in [1.807, 2.05) is 19.2 Å². The predicted molar refractivity (Wildman–Crippen MR) is 82.3 cm³/mol. The van der Waals surface area contributed by atoms with Gasteiger partial charge in [0.25, 0.3) is 0 Å². The molecule has 1 heterocycles. The van der Waals surface area contributed by atoms with E-state index in [-0.39, 0.29) is 18.4 Å². The molecule has 1 aromatic carbocycles. The van der Waals surface area contributed by atoms with Crippen LogP contribution in [0.15, 0.2) is 24.3 Å². The van der Waals surface area contributed by atoms with Gasteiger partial charge in [-0.2, -0.15) is 0 Å². The third kappa shape index (κ3) is 4.47. The normalized spacial score (nSPS) is 18.6. The summed E-state index contributed by atoms with van der Waals surface area (Å²) in [7, 11) is 3.42. The van der Waals surface area contributed by atoms with Crippen LogP contribution in [0.1, 0.15) is 22.3 Å². The summed E-state index contributed by atoms with van der Waals surface area (Å²) in [6, 6.07) is 7.71. The summed E-state index contributed by atoms with van der Waals surface area (Å²) in [5, 5.41) is 3.24. The number of carbonyl (C=O) groups excluding carboxylic acids is 1. The Morgan fingerprint density at radius 1 is 1.50 bits per heavy atom. The van der Waals surface area contributed by atoms with Crippen molar-refractivity contribution in [1.82, 2.24) is 10.2 Å². The number of benzene rings is 1. The topological polar surface area (TPSA) is 41.6 Å². The molecule has 0 radical (unpaired) electrons. The van der Waals surface area contributed by atoms with Crippen molar-refractivity contribution in [3.63, 3.8) is 0 Å². The number of rotatable bonds is 5. The molecule has 1 aliphatic heterocycles. The number of nitrogens with one attached hydrogen (secondary N) is 1. The van der Waals surface area contributed by atoms with Gasteiger partial charge in [0.05, 0.1) is 12.7 Å². The molecule has 20 heavy (non-hydrogen) atoms. The van der Waals surface area contributed by atoms with E-state index >= 15 is 0 Å². The van der Waals surface area contributed by atoms with Gasteiger partial charge in [-0.3, -0.25) is 4.90 Å². The molecule has 1 atom stereocenters. The minimum absolute atomic E-state index is 0. The molecule has 1 aromatic rings. The molecule has 0 aromatic heterocycles. The average Bonchev–Trinajstić information content (AvgIpc) is 2.86. The van der Waals surface area contributed by atoms with E-state index in [1.165, 1.54) is 19.1 Å². The first-order valence-electron chi connectivity index (χ1n) is 6.77. The highest BCUT2D eigenvalue weighted by Gasteiger charge is 2.21. The van der Waals surface area contributed by atoms with Crippen molar-refractivity contribution in [2.45, 2.75) is 13.0 Å². The Hall–Kier alpha value is -1.10. The largest absolute Gasteiger partial charge is 0.465 e. The summed E-state index contributed by atoms with van der Waals surface area (Å²) in [5.74, 6) is 0.477. The van der Waals surface area contributed by atoms with Crippen LogP contribution in [0.5, 0.6) is 0 Å². The molecular formula is C15H23ClN2O2. The van der Waals surface area contributed by atoms with Gasteiger partial charge in [0.1, 0.15) is 0 Å². The molecule has 0 amide bonds. The second-order valence-electron chi connectivity index (χ2n) is 5.14. The Kier molecular flexibility index (Phi) is 6.99. The number of esters is 1. The first-order chi connectivity index (χ1) is 9.22. The number of carbonyl (C=O) groups is 1. The van der Waals surface area contributed by atoms with Gasteiger partial charge in [-0.25, -0.2) is 4.79 Å². The molecule has 2 rings (SSSR count). The second-order valence-corrected chi connectivity index (χ2v) is 5.14. The zero-order valence-electron chi connectivity index (χ0n) is 12.1. The summed E-state index contributed by atoms with van der Waals surface area (Å²) < 4.78 is 4.75. The Labute approximate surface area is 126 Å². The van der Waals surface area contributed by atoms with Crippen LogP contribution in [0.2, 0.25) is 0 Å². The predicted octanol–water partition coefficient (Wildman–Crippen LogP) is 1.94. The van der Waals surface area contributed by atoms with E-state index < -0.39 is 0 Å². The van der Waals surface area contributed by atoms with Crippen molar-refractivity contribution in [3.05, 3.63) is 35.4 Å². The molecule has 1 aliphatic rings. The summed E-state index contributed by atoms with van der Waals surface area (Å²) in [4.78, 5) is 13.9. The van der Waals surface area contributed by atoms with E-state index in [0.29, 0.717) is 5.56 Å². The molecular weight excluding hydrogens is 276 g/mol. The van der Waals surface area contributed by atoms with E-state index in [0.717, 1.165) is 32.1 Å². The van der Waals surface area contributed by atoms with E-state index in [9.17, 15) is 4.79 Å². The van der Waals surface area contributed by atoms with Crippen LogP contribution in [0.3, 0.4) is 0 Å². The molecule has 5 heteroatoms. The lowest BCUT2D eigenvalue weighted by molar-refractivity contribution is 0.0600. The lowest BCUT2D eigenvalue weighted by Gasteiger charge is -2.16. The molecule has 1 saturated heterocycles. The number of hydrogen-bond donors (Lipinski definition) is 1. The monoisotopic (exact) mass is 298 g/mol. The fourth-order valence-electron chi connectivity index (χ4n) is 2.68. The van der Waals surface area contributed by atoms with Crippen LogP contribution in [-0.4, -0.2) is 44.7 Å². The molecule has 0 spiro atoms. The number of methoxy groups -OCH3 is 1. The fraction of sp³-hybridized carbons (Fsp3) is 0.533. The smallest absolute Gasteiger partial charge is 0.337 e. The number of ether oxygens (including phenoxy) is 1. The first kappa shape index (κ1) is 17.0. The van der Waals surface area contributed by atoms with Crippen molar-refractivity contribution in [1.29, 1.82) is 0 Å². The van der Waals surface area contributed by atoms with Gasteiger partial charge in [0, 0.05) is 13.1 Å². The van der Waals surface area contributed by atoms with Gasteiger partial charge in [-0.15, -0.1) is 12.4 Å². The van der Waals surface area contributed by atoms with Crippen LogP contribution < -0.4 is 5.32 Å². The van der Waals surface area contributed by atoms with Crippen LogP contribution >= 0.6 is 12.4 Å². The lowest BCUT2D eigenvalue weighted by Crippen LogP contribution is -2.24. The molecule has 1 N–H and O–H groups in total. The van der Waals surface area contributed by atoms with E-state index in [1.54, 1.807) is 6.07 Å². The molecule has 112 valence electrons. The van der Waals surface area contributed by atoms with Gasteiger partial charge >= 0.3 is 5.97 Å². The Morgan fingerprint density at radius 3 is 3.00 bits per heavy atom. The number of nitrogens with zero attached hydrogens (tertiary/aromatic N) is 1. The fourth-order valence-corrected chi connectivity index (χ4v) is 2.68. The SMILES string of the molecule is CNCC1CCN(Cc2cccc(C(=O)OC)c2)C1.Cl. The van der Waals surface area contributed by atoms with Gasteiger partial charge < -0.3 is 10.1 Å². The van der Waals surface area contributed by atoms with Gasteiger partial charge in [-0.05, 0) is 50.2 Å². The van der Waals surface area contributed by atoms with Crippen molar-refractivity contribution >= 4 is 18.4 Å². The first-order valence-corrected chi connectivity index (χ1v) is 6.77. The highest BCUT2D eigenvalue weighted by Crippen LogP contribution is 2.18. The molecule has 1 fully saturated rings. The summed E-state index contributed by atoms with van der Waals surface area (Å²) in [6.45, 7) is 4.25. The van der Waals surface area contributed by atoms with Gasteiger partial charge in [0.15, 0.2) is 0 Å². The standard InChI is InChI=1S/C15H22N2O2.ClH/c1-16-9-13-6-7-17(11-13)10-12-4-3-5-14(8-12)15(18)19-2;/h3-5,8,13,16H,6-7,9-11H2,1-2H3;1H. The second kappa shape index (κ2) is 8.25. The number of likely N-dealkylation sites (tertiary alicyclic amines) is 1. The van der Waals surface area contributed by atoms with E-state index in [2.05, 4.69) is 16.3 Å². The molecule has 1 unspecified atom stereocenters. The minimum Gasteiger partial charge on any atom is -0.465 e. The number of halogens is 1. The van der Waals surface area contributed by atoms with Crippen molar-refractivity contribution in [2.24, 2.45) is 5.92 Å². The molecule has 0 bridgehead atoms. The summed E-state index contributed by atoms with van der Waals surface area (Å²) >= 11 is 0. The van der Waals surface area contributed by atoms with Crippen molar-refractivity contribution in [3.8, 4) is 0 Å². The minimum atomic E-state index is -0.267. The maximum atomic E-state index is 11.5. The van der Waals surface area contributed by atoms with Crippen LogP contribution in [0.4, 0.5) is 0 Å². The average molecular weight is 299 g/mol. The Morgan fingerprint density at radius 2 is 2.30 bits per heavy atom. The third-order valence-corrected chi connectivity index (χ3v) is 3.62. The van der Waals surface area contributed by atoms with Gasteiger partial charge in [-0.1, -0.05) is 12.1 Å². The maximum Gasteiger partial charge on any atom is 0.337 e. The van der Waals surface area contributed by atoms with Crippen LogP contribution in [-0.2, 0) is 11.3 Å². The Bertz CT molecular complexity index is 440. The molecule has 0 aliphatic carbocycles. The third-order valence-electron chi connectivity index (χ3n) is 3.62. The maximum absolute atomic E-state index is 11.5. The zero-order chi connectivity index (χ0) is 13.7. The van der Waals surface area contributed by atoms with Crippen molar-refractivity contribution < 1.29 is 9.53 Å². The summed E-state index contributed by atoms with van der Waals surface area (Å²) in [5.41, 5.74) is 1.80. The quantitative estimate of drug-likeness (QED) is 0.844. The van der Waals surface area contributed by atoms with Crippen molar-refractivity contribution in [2.75, 3.05) is 33.8 Å². The Balaban J connectivity index is 0.00000200. The molecule has 4 nitrogen and oxygen atoms in total. The van der Waals surface area contributed by atoms with Crippen LogP contribution in [0.25, 0.3) is 0 Å². The highest BCUT2D eigenvalue weighted by atomic mass is 35.5.